The van der Waals surface area contributed by atoms with Crippen LogP contribution in [0.3, 0.4) is 0 Å². The third-order valence-electron chi connectivity index (χ3n) is 4.46. The zero-order valence-electron chi connectivity index (χ0n) is 14.7. The number of alkyl halides is 3. The van der Waals surface area contributed by atoms with Crippen LogP contribution in [0.25, 0.3) is 0 Å². The molecule has 0 aliphatic carbocycles. The summed E-state index contributed by atoms with van der Waals surface area (Å²) in [5.74, 6) is -0.397. The van der Waals surface area contributed by atoms with Gasteiger partial charge >= 0.3 is 6.18 Å². The normalized spacial score (nSPS) is 18.6. The Hall–Kier alpha value is -2.05. The monoisotopic (exact) mass is 567 g/mol. The second-order valence-electron chi connectivity index (χ2n) is 6.38. The highest BCUT2D eigenvalue weighted by atomic mass is 79.9. The zero-order valence-corrected chi connectivity index (χ0v) is 18.6. The first-order chi connectivity index (χ1) is 14.1. The number of anilines is 2. The van der Waals surface area contributed by atoms with E-state index in [2.05, 4.69) is 52.6 Å². The SMILES string of the molecule is O=C(Nc1cccnc1Cl)c1nn2c(c1Br)N[C@@H](c1ccc(Br)o1)C[C@H]2C(F)(F)F. The van der Waals surface area contributed by atoms with Gasteiger partial charge < -0.3 is 15.1 Å². The molecule has 0 unspecified atom stereocenters. The maximum absolute atomic E-state index is 13.8. The van der Waals surface area contributed by atoms with Crippen LogP contribution in [-0.4, -0.2) is 26.8 Å². The molecule has 3 aromatic heterocycles. The summed E-state index contributed by atoms with van der Waals surface area (Å²) >= 11 is 12.3. The van der Waals surface area contributed by atoms with E-state index < -0.39 is 24.2 Å². The number of hydrogen-bond donors (Lipinski definition) is 2. The second-order valence-corrected chi connectivity index (χ2v) is 8.32. The molecule has 0 aromatic carbocycles. The number of hydrogen-bond acceptors (Lipinski definition) is 5. The van der Waals surface area contributed by atoms with Gasteiger partial charge in [0.25, 0.3) is 5.91 Å². The number of carbonyl (C=O) groups excluding carboxylic acids is 1. The lowest BCUT2D eigenvalue weighted by atomic mass is 10.0. The van der Waals surface area contributed by atoms with Crippen molar-refractivity contribution in [1.82, 2.24) is 14.8 Å². The number of aromatic nitrogens is 3. The fourth-order valence-electron chi connectivity index (χ4n) is 3.10. The minimum atomic E-state index is -4.59. The zero-order chi connectivity index (χ0) is 21.6. The summed E-state index contributed by atoms with van der Waals surface area (Å²) in [6.45, 7) is 0. The standard InChI is InChI=1S/C17H11Br2ClF3N5O2/c18-11-4-3-9(30-11)8-6-10(17(21,22)23)28-15(25-8)12(19)13(27-28)16(29)26-7-2-1-5-24-14(7)20/h1-5,8,10,25H,6H2,(H,26,29)/t8-,10+/m1/s1. The molecule has 1 amide bonds. The van der Waals surface area contributed by atoms with Crippen molar-refractivity contribution in [2.75, 3.05) is 10.6 Å². The van der Waals surface area contributed by atoms with Gasteiger partial charge in [-0.15, -0.1) is 0 Å². The van der Waals surface area contributed by atoms with Crippen molar-refractivity contribution in [3.05, 3.63) is 56.2 Å². The fourth-order valence-corrected chi connectivity index (χ4v) is 4.14. The van der Waals surface area contributed by atoms with E-state index in [4.69, 9.17) is 16.0 Å². The Labute approximate surface area is 189 Å². The van der Waals surface area contributed by atoms with Crippen molar-refractivity contribution >= 4 is 60.9 Å². The quantitative estimate of drug-likeness (QED) is 0.380. The van der Waals surface area contributed by atoms with Crippen LogP contribution in [0.2, 0.25) is 5.15 Å². The Morgan fingerprint density at radius 3 is 2.73 bits per heavy atom. The molecule has 2 atom stereocenters. The first-order valence-electron chi connectivity index (χ1n) is 8.43. The van der Waals surface area contributed by atoms with E-state index in [1.807, 2.05) is 0 Å². The third-order valence-corrected chi connectivity index (χ3v) is 5.93. The van der Waals surface area contributed by atoms with Gasteiger partial charge in [-0.3, -0.25) is 4.79 Å². The number of rotatable bonds is 3. The molecule has 13 heteroatoms. The summed E-state index contributed by atoms with van der Waals surface area (Å²) in [5.41, 5.74) is -0.0198. The first kappa shape index (κ1) is 21.2. The average molecular weight is 570 g/mol. The van der Waals surface area contributed by atoms with E-state index >= 15 is 0 Å². The largest absolute Gasteiger partial charge is 0.452 e. The van der Waals surface area contributed by atoms with Gasteiger partial charge in [-0.2, -0.15) is 18.3 Å². The molecule has 0 radical (unpaired) electrons. The smallest absolute Gasteiger partial charge is 0.410 e. The van der Waals surface area contributed by atoms with Crippen LogP contribution in [0.1, 0.15) is 34.8 Å². The van der Waals surface area contributed by atoms with Gasteiger partial charge in [0, 0.05) is 12.6 Å². The molecule has 1 aliphatic heterocycles. The number of amides is 1. The van der Waals surface area contributed by atoms with Gasteiger partial charge in [0.05, 0.1) is 16.2 Å². The van der Waals surface area contributed by atoms with Crippen LogP contribution in [-0.2, 0) is 0 Å². The van der Waals surface area contributed by atoms with Gasteiger partial charge in [-0.1, -0.05) is 11.6 Å². The van der Waals surface area contributed by atoms with Crippen molar-refractivity contribution in [1.29, 1.82) is 0 Å². The van der Waals surface area contributed by atoms with Gasteiger partial charge in [-0.05, 0) is 56.1 Å². The number of halogens is 6. The predicted octanol–water partition coefficient (Wildman–Crippen LogP) is 5.96. The number of nitrogens with one attached hydrogen (secondary N) is 2. The summed E-state index contributed by atoms with van der Waals surface area (Å²) in [4.78, 5) is 16.5. The van der Waals surface area contributed by atoms with Crippen LogP contribution in [0, 0.1) is 0 Å². The highest BCUT2D eigenvalue weighted by Gasteiger charge is 2.48. The van der Waals surface area contributed by atoms with E-state index in [9.17, 15) is 18.0 Å². The maximum atomic E-state index is 13.8. The number of furan rings is 1. The summed E-state index contributed by atoms with van der Waals surface area (Å²) in [6, 6.07) is 3.51. The molecule has 0 spiro atoms. The maximum Gasteiger partial charge on any atom is 0.410 e. The molecule has 4 rings (SSSR count). The van der Waals surface area contributed by atoms with Gasteiger partial charge in [0.15, 0.2) is 21.6 Å². The first-order valence-corrected chi connectivity index (χ1v) is 10.4. The van der Waals surface area contributed by atoms with Crippen LogP contribution in [0.4, 0.5) is 24.7 Å². The topological polar surface area (TPSA) is 85.0 Å². The van der Waals surface area contributed by atoms with Crippen molar-refractivity contribution in [2.24, 2.45) is 0 Å². The third kappa shape index (κ3) is 3.95. The van der Waals surface area contributed by atoms with Crippen LogP contribution in [0.5, 0.6) is 0 Å². The van der Waals surface area contributed by atoms with Gasteiger partial charge in [0.2, 0.25) is 0 Å². The second kappa shape index (κ2) is 7.89. The minimum absolute atomic E-state index is 0.0172. The van der Waals surface area contributed by atoms with Crippen molar-refractivity contribution in [3.8, 4) is 0 Å². The lowest BCUT2D eigenvalue weighted by Gasteiger charge is -2.32. The summed E-state index contributed by atoms with van der Waals surface area (Å²) < 4.78 is 48.0. The molecule has 4 heterocycles. The highest BCUT2D eigenvalue weighted by Crippen LogP contribution is 2.46. The molecular weight excluding hydrogens is 558 g/mol. The van der Waals surface area contributed by atoms with Crippen LogP contribution < -0.4 is 10.6 Å². The van der Waals surface area contributed by atoms with Crippen molar-refractivity contribution in [2.45, 2.75) is 24.7 Å². The Kier molecular flexibility index (Phi) is 5.58. The van der Waals surface area contributed by atoms with Crippen LogP contribution in [0.15, 0.2) is 44.0 Å². The van der Waals surface area contributed by atoms with E-state index in [-0.39, 0.29) is 33.2 Å². The predicted molar refractivity (Wildman–Crippen MR) is 110 cm³/mol. The van der Waals surface area contributed by atoms with Gasteiger partial charge in [-0.25, -0.2) is 9.67 Å². The van der Waals surface area contributed by atoms with Crippen molar-refractivity contribution in [3.63, 3.8) is 0 Å². The molecule has 2 N–H and O–H groups in total. The molecule has 1 aliphatic rings. The number of pyridine rings is 1. The van der Waals surface area contributed by atoms with Gasteiger partial charge in [0.1, 0.15) is 11.6 Å². The van der Waals surface area contributed by atoms with Crippen LogP contribution >= 0.6 is 43.5 Å². The van der Waals surface area contributed by atoms with E-state index in [0.29, 0.717) is 10.4 Å². The van der Waals surface area contributed by atoms with E-state index in [0.717, 1.165) is 4.68 Å². The molecule has 3 aromatic rings. The Morgan fingerprint density at radius 2 is 2.10 bits per heavy atom. The van der Waals surface area contributed by atoms with E-state index in [1.54, 1.807) is 18.2 Å². The molecule has 0 bridgehead atoms. The lowest BCUT2D eigenvalue weighted by Crippen LogP contribution is -2.35. The highest BCUT2D eigenvalue weighted by molar-refractivity contribution is 9.10. The Bertz CT molecular complexity index is 1120. The number of carbonyl (C=O) groups is 1. The number of nitrogens with zero attached hydrogens (tertiary/aromatic N) is 3. The number of fused-ring (bicyclic) bond motifs is 1. The molecule has 0 saturated heterocycles. The molecule has 158 valence electrons. The minimum Gasteiger partial charge on any atom is -0.452 e. The summed E-state index contributed by atoms with van der Waals surface area (Å²) in [6.07, 6.45) is -3.51. The van der Waals surface area contributed by atoms with E-state index in [1.165, 1.54) is 12.3 Å². The summed E-state index contributed by atoms with van der Waals surface area (Å²) in [5, 5.41) is 9.44. The Morgan fingerprint density at radius 1 is 1.33 bits per heavy atom. The molecule has 0 saturated carbocycles. The average Bonchev–Trinajstić information content (AvgIpc) is 3.26. The van der Waals surface area contributed by atoms with Crippen molar-refractivity contribution < 1.29 is 22.4 Å². The molecular formula is C17H11Br2ClF3N5O2. The lowest BCUT2D eigenvalue weighted by molar-refractivity contribution is -0.174. The molecule has 7 nitrogen and oxygen atoms in total. The summed E-state index contributed by atoms with van der Waals surface area (Å²) in [7, 11) is 0. The Balaban J connectivity index is 1.71. The fraction of sp³-hybridized carbons (Fsp3) is 0.235. The molecule has 0 fully saturated rings. The molecule has 30 heavy (non-hydrogen) atoms.